The number of aliphatic hydroxyl groups excluding tert-OH is 1. The minimum atomic E-state index is -0.111. The molecular weight excluding hydrogens is 256 g/mol. The largest absolute Gasteiger partial charge is 0.396 e. The van der Waals surface area contributed by atoms with Crippen LogP contribution in [0.1, 0.15) is 23.7 Å². The second-order valence-corrected chi connectivity index (χ2v) is 5.18. The van der Waals surface area contributed by atoms with Crippen LogP contribution in [0, 0.1) is 5.92 Å². The normalized spacial score (nSPS) is 18.1. The molecule has 1 aliphatic rings. The number of benzene rings is 1. The molecule has 1 unspecified atom stereocenters. The summed E-state index contributed by atoms with van der Waals surface area (Å²) in [5, 5.41) is 9.16. The number of hydrogen-bond donors (Lipinski definition) is 1. The highest BCUT2D eigenvalue weighted by Gasteiger charge is 2.28. The number of carbonyl (C=O) groups excluding carboxylic acids is 2. The summed E-state index contributed by atoms with van der Waals surface area (Å²) in [5.74, 6) is -0.0267. The quantitative estimate of drug-likeness (QED) is 0.900. The van der Waals surface area contributed by atoms with E-state index in [1.165, 1.54) is 11.8 Å². The molecule has 1 aromatic carbocycles. The molecule has 1 aromatic rings. The van der Waals surface area contributed by atoms with Crippen LogP contribution in [0.2, 0.25) is 0 Å². The zero-order valence-electron chi connectivity index (χ0n) is 11.9. The summed E-state index contributed by atoms with van der Waals surface area (Å²) in [6.45, 7) is 2.81. The highest BCUT2D eigenvalue weighted by atomic mass is 16.3. The molecular formula is C15H20N2O3. The van der Waals surface area contributed by atoms with Gasteiger partial charge in [0.1, 0.15) is 0 Å². The third-order valence-electron chi connectivity index (χ3n) is 3.80. The molecule has 0 bridgehead atoms. The first-order chi connectivity index (χ1) is 9.54. The van der Waals surface area contributed by atoms with Gasteiger partial charge in [0, 0.05) is 39.6 Å². The van der Waals surface area contributed by atoms with E-state index in [9.17, 15) is 9.59 Å². The van der Waals surface area contributed by atoms with Gasteiger partial charge in [0.15, 0.2) is 0 Å². The van der Waals surface area contributed by atoms with Gasteiger partial charge in [-0.15, -0.1) is 0 Å². The summed E-state index contributed by atoms with van der Waals surface area (Å²) in [7, 11) is 1.66. The van der Waals surface area contributed by atoms with Gasteiger partial charge in [0.05, 0.1) is 11.3 Å². The Bertz CT molecular complexity index is 516. The SMILES string of the molecule is CC(=O)N(C)c1ccccc1C(=O)N1CCC(CO)C1. The van der Waals surface area contributed by atoms with Gasteiger partial charge in [-0.25, -0.2) is 0 Å². The van der Waals surface area contributed by atoms with Crippen molar-refractivity contribution in [2.24, 2.45) is 5.92 Å². The minimum Gasteiger partial charge on any atom is -0.396 e. The fraction of sp³-hybridized carbons (Fsp3) is 0.467. The molecule has 2 amide bonds. The van der Waals surface area contributed by atoms with E-state index in [-0.39, 0.29) is 24.3 Å². The second kappa shape index (κ2) is 6.05. The highest BCUT2D eigenvalue weighted by Crippen LogP contribution is 2.24. The molecule has 1 fully saturated rings. The van der Waals surface area contributed by atoms with E-state index in [4.69, 9.17) is 5.11 Å². The van der Waals surface area contributed by atoms with E-state index in [2.05, 4.69) is 0 Å². The Labute approximate surface area is 118 Å². The monoisotopic (exact) mass is 276 g/mol. The molecule has 0 aliphatic carbocycles. The van der Waals surface area contributed by atoms with Crippen LogP contribution in [0.4, 0.5) is 5.69 Å². The van der Waals surface area contributed by atoms with Crippen molar-refractivity contribution in [1.82, 2.24) is 4.90 Å². The van der Waals surface area contributed by atoms with Crippen LogP contribution in [-0.2, 0) is 4.79 Å². The van der Waals surface area contributed by atoms with Crippen molar-refractivity contribution >= 4 is 17.5 Å². The van der Waals surface area contributed by atoms with Gasteiger partial charge in [-0.3, -0.25) is 9.59 Å². The average Bonchev–Trinajstić information content (AvgIpc) is 2.94. The lowest BCUT2D eigenvalue weighted by molar-refractivity contribution is -0.116. The molecule has 1 saturated heterocycles. The molecule has 1 heterocycles. The Morgan fingerprint density at radius 2 is 2.10 bits per heavy atom. The van der Waals surface area contributed by atoms with Gasteiger partial charge in [0.25, 0.3) is 5.91 Å². The third-order valence-corrected chi connectivity index (χ3v) is 3.80. The van der Waals surface area contributed by atoms with E-state index in [1.807, 2.05) is 6.07 Å². The third kappa shape index (κ3) is 2.82. The molecule has 5 nitrogen and oxygen atoms in total. The molecule has 108 valence electrons. The molecule has 0 spiro atoms. The van der Waals surface area contributed by atoms with Gasteiger partial charge in [-0.05, 0) is 18.6 Å². The Balaban J connectivity index is 2.24. The first-order valence-corrected chi connectivity index (χ1v) is 6.78. The van der Waals surface area contributed by atoms with E-state index >= 15 is 0 Å². The van der Waals surface area contributed by atoms with Crippen molar-refractivity contribution in [2.45, 2.75) is 13.3 Å². The lowest BCUT2D eigenvalue weighted by atomic mass is 10.1. The molecule has 1 aliphatic heterocycles. The van der Waals surface area contributed by atoms with Crippen LogP contribution < -0.4 is 4.90 Å². The zero-order chi connectivity index (χ0) is 14.7. The summed E-state index contributed by atoms with van der Waals surface area (Å²) >= 11 is 0. The smallest absolute Gasteiger partial charge is 0.255 e. The van der Waals surface area contributed by atoms with Crippen molar-refractivity contribution in [3.63, 3.8) is 0 Å². The van der Waals surface area contributed by atoms with E-state index in [0.717, 1.165) is 6.42 Å². The zero-order valence-corrected chi connectivity index (χ0v) is 11.9. The summed E-state index contributed by atoms with van der Waals surface area (Å²) in [4.78, 5) is 27.3. The molecule has 1 atom stereocenters. The number of para-hydroxylation sites is 1. The molecule has 20 heavy (non-hydrogen) atoms. The summed E-state index contributed by atoms with van der Waals surface area (Å²) < 4.78 is 0. The molecule has 0 aromatic heterocycles. The van der Waals surface area contributed by atoms with Crippen LogP contribution in [0.5, 0.6) is 0 Å². The predicted molar refractivity (Wildman–Crippen MR) is 76.6 cm³/mol. The number of aliphatic hydroxyl groups is 1. The van der Waals surface area contributed by atoms with Gasteiger partial charge < -0.3 is 14.9 Å². The van der Waals surface area contributed by atoms with Crippen LogP contribution in [-0.4, -0.2) is 48.6 Å². The molecule has 2 rings (SSSR count). The minimum absolute atomic E-state index is 0.0790. The second-order valence-electron chi connectivity index (χ2n) is 5.18. The van der Waals surface area contributed by atoms with Crippen LogP contribution in [0.3, 0.4) is 0 Å². The van der Waals surface area contributed by atoms with E-state index in [0.29, 0.717) is 24.3 Å². The van der Waals surface area contributed by atoms with Gasteiger partial charge in [-0.1, -0.05) is 12.1 Å². The number of nitrogens with zero attached hydrogens (tertiary/aromatic N) is 2. The van der Waals surface area contributed by atoms with Crippen molar-refractivity contribution in [2.75, 3.05) is 31.6 Å². The molecule has 5 heteroatoms. The first kappa shape index (κ1) is 14.5. The fourth-order valence-electron chi connectivity index (χ4n) is 2.45. The summed E-state index contributed by atoms with van der Waals surface area (Å²) in [5.41, 5.74) is 1.15. The molecule has 0 radical (unpaired) electrons. The Morgan fingerprint density at radius 1 is 1.40 bits per heavy atom. The topological polar surface area (TPSA) is 60.9 Å². The van der Waals surface area contributed by atoms with Gasteiger partial charge in [-0.2, -0.15) is 0 Å². The standard InChI is InChI=1S/C15H20N2O3/c1-11(19)16(2)14-6-4-3-5-13(14)15(20)17-8-7-12(9-17)10-18/h3-6,12,18H,7-10H2,1-2H3. The Hall–Kier alpha value is -1.88. The maximum absolute atomic E-state index is 12.6. The van der Waals surface area contributed by atoms with Crippen molar-refractivity contribution in [3.05, 3.63) is 29.8 Å². The van der Waals surface area contributed by atoms with E-state index < -0.39 is 0 Å². The van der Waals surface area contributed by atoms with Crippen LogP contribution in [0.25, 0.3) is 0 Å². The lowest BCUT2D eigenvalue weighted by Crippen LogP contribution is -2.32. The van der Waals surface area contributed by atoms with Gasteiger partial charge in [0.2, 0.25) is 5.91 Å². The number of rotatable bonds is 3. The Kier molecular flexibility index (Phi) is 4.39. The first-order valence-electron chi connectivity index (χ1n) is 6.78. The van der Waals surface area contributed by atoms with Crippen molar-refractivity contribution in [3.8, 4) is 0 Å². The number of amides is 2. The van der Waals surface area contributed by atoms with Gasteiger partial charge >= 0.3 is 0 Å². The maximum Gasteiger partial charge on any atom is 0.255 e. The maximum atomic E-state index is 12.6. The number of carbonyl (C=O) groups is 2. The summed E-state index contributed by atoms with van der Waals surface area (Å²) in [6, 6.07) is 7.12. The van der Waals surface area contributed by atoms with Crippen LogP contribution >= 0.6 is 0 Å². The average molecular weight is 276 g/mol. The van der Waals surface area contributed by atoms with Crippen molar-refractivity contribution in [1.29, 1.82) is 0 Å². The number of likely N-dealkylation sites (tertiary alicyclic amines) is 1. The number of anilines is 1. The van der Waals surface area contributed by atoms with E-state index in [1.54, 1.807) is 30.1 Å². The lowest BCUT2D eigenvalue weighted by Gasteiger charge is -2.22. The summed E-state index contributed by atoms with van der Waals surface area (Å²) in [6.07, 6.45) is 0.826. The molecule has 1 N–H and O–H groups in total. The number of hydrogen-bond acceptors (Lipinski definition) is 3. The van der Waals surface area contributed by atoms with Crippen molar-refractivity contribution < 1.29 is 14.7 Å². The van der Waals surface area contributed by atoms with Crippen LogP contribution in [0.15, 0.2) is 24.3 Å². The highest BCUT2D eigenvalue weighted by molar-refractivity contribution is 6.04. The fourth-order valence-corrected chi connectivity index (χ4v) is 2.45. The predicted octanol–water partition coefficient (Wildman–Crippen LogP) is 1.12. The molecule has 0 saturated carbocycles. The Morgan fingerprint density at radius 3 is 2.70 bits per heavy atom.